The third kappa shape index (κ3) is 3.37. The molecule has 1 aliphatic rings. The summed E-state index contributed by atoms with van der Waals surface area (Å²) in [6, 6.07) is 2.49. The Kier molecular flexibility index (Phi) is 4.61. The predicted octanol–water partition coefficient (Wildman–Crippen LogP) is 3.03. The van der Waals surface area contributed by atoms with E-state index in [0.29, 0.717) is 11.9 Å². The highest BCUT2D eigenvalue weighted by Gasteiger charge is 2.24. The smallest absolute Gasteiger partial charge is 0.134 e. The van der Waals surface area contributed by atoms with Gasteiger partial charge in [-0.3, -0.25) is 0 Å². The maximum atomic E-state index is 5.87. The van der Waals surface area contributed by atoms with Crippen LogP contribution in [0.15, 0.2) is 6.07 Å². The van der Waals surface area contributed by atoms with Gasteiger partial charge in [0.25, 0.3) is 0 Å². The molecule has 19 heavy (non-hydrogen) atoms. The van der Waals surface area contributed by atoms with Crippen LogP contribution in [0.5, 0.6) is 0 Å². The molecule has 106 valence electrons. The standard InChI is InChI=1S/C15H26N4/c1-4-11-6-8-12(9-7-11)19(3)15-10-13(16)17-14(5-2)18-15/h10-12H,4-9H2,1-3H3,(H2,16,17,18). The van der Waals surface area contributed by atoms with Crippen LogP contribution in [0, 0.1) is 5.92 Å². The van der Waals surface area contributed by atoms with Gasteiger partial charge in [0, 0.05) is 25.6 Å². The van der Waals surface area contributed by atoms with E-state index in [-0.39, 0.29) is 0 Å². The largest absolute Gasteiger partial charge is 0.384 e. The van der Waals surface area contributed by atoms with Crippen LogP contribution in [-0.4, -0.2) is 23.1 Å². The molecule has 2 N–H and O–H groups in total. The number of aryl methyl sites for hydroxylation is 1. The molecule has 0 saturated heterocycles. The van der Waals surface area contributed by atoms with Crippen LogP contribution in [0.3, 0.4) is 0 Å². The van der Waals surface area contributed by atoms with E-state index in [1.165, 1.54) is 32.1 Å². The molecule has 1 aliphatic carbocycles. The zero-order valence-corrected chi connectivity index (χ0v) is 12.4. The molecule has 1 aromatic rings. The van der Waals surface area contributed by atoms with Crippen molar-refractivity contribution in [2.45, 2.75) is 58.4 Å². The maximum Gasteiger partial charge on any atom is 0.134 e. The fourth-order valence-corrected chi connectivity index (χ4v) is 2.97. The number of rotatable bonds is 4. The van der Waals surface area contributed by atoms with E-state index in [1.807, 2.05) is 6.07 Å². The van der Waals surface area contributed by atoms with E-state index in [2.05, 4.69) is 35.8 Å². The van der Waals surface area contributed by atoms with Gasteiger partial charge in [0.15, 0.2) is 0 Å². The van der Waals surface area contributed by atoms with Gasteiger partial charge in [0.05, 0.1) is 0 Å². The van der Waals surface area contributed by atoms with Gasteiger partial charge in [-0.25, -0.2) is 9.97 Å². The van der Waals surface area contributed by atoms with Gasteiger partial charge in [-0.05, 0) is 31.6 Å². The lowest BCUT2D eigenvalue weighted by molar-refractivity contribution is 0.313. The molecule has 4 heteroatoms. The quantitative estimate of drug-likeness (QED) is 0.906. The number of hydrogen-bond donors (Lipinski definition) is 1. The summed E-state index contributed by atoms with van der Waals surface area (Å²) in [6.07, 6.45) is 7.35. The SMILES string of the molecule is CCc1nc(N)cc(N(C)C2CCC(CC)CC2)n1. The molecule has 2 rings (SSSR count). The van der Waals surface area contributed by atoms with Crippen molar-refractivity contribution < 1.29 is 0 Å². The third-order valence-corrected chi connectivity index (χ3v) is 4.40. The van der Waals surface area contributed by atoms with Gasteiger partial charge in [-0.2, -0.15) is 0 Å². The third-order valence-electron chi connectivity index (χ3n) is 4.40. The normalized spacial score (nSPS) is 23.3. The molecule has 0 atom stereocenters. The lowest BCUT2D eigenvalue weighted by Gasteiger charge is -2.35. The molecule has 1 saturated carbocycles. The molecule has 1 heterocycles. The molecule has 0 amide bonds. The Morgan fingerprint density at radius 1 is 1.21 bits per heavy atom. The van der Waals surface area contributed by atoms with Crippen LogP contribution in [0.25, 0.3) is 0 Å². The van der Waals surface area contributed by atoms with Gasteiger partial charge in [0.1, 0.15) is 17.5 Å². The lowest BCUT2D eigenvalue weighted by Crippen LogP contribution is -2.35. The molecule has 4 nitrogen and oxygen atoms in total. The summed E-state index contributed by atoms with van der Waals surface area (Å²) in [5.74, 6) is 3.32. The van der Waals surface area contributed by atoms with Gasteiger partial charge < -0.3 is 10.6 Å². The summed E-state index contributed by atoms with van der Waals surface area (Å²) in [7, 11) is 2.14. The highest BCUT2D eigenvalue weighted by molar-refractivity contribution is 5.47. The van der Waals surface area contributed by atoms with Crippen molar-refractivity contribution in [1.82, 2.24) is 9.97 Å². The van der Waals surface area contributed by atoms with Crippen molar-refractivity contribution in [2.75, 3.05) is 17.7 Å². The van der Waals surface area contributed by atoms with E-state index < -0.39 is 0 Å². The van der Waals surface area contributed by atoms with Gasteiger partial charge in [-0.1, -0.05) is 20.3 Å². The molecule has 0 bridgehead atoms. The van der Waals surface area contributed by atoms with Crippen LogP contribution in [0.1, 0.15) is 51.8 Å². The second kappa shape index (κ2) is 6.22. The molecule has 0 aliphatic heterocycles. The monoisotopic (exact) mass is 262 g/mol. The van der Waals surface area contributed by atoms with Crippen LogP contribution >= 0.6 is 0 Å². The molecule has 0 unspecified atom stereocenters. The van der Waals surface area contributed by atoms with E-state index in [1.54, 1.807) is 0 Å². The molecule has 1 fully saturated rings. The fraction of sp³-hybridized carbons (Fsp3) is 0.733. The summed E-state index contributed by atoms with van der Waals surface area (Å²) in [5.41, 5.74) is 5.87. The highest BCUT2D eigenvalue weighted by atomic mass is 15.2. The summed E-state index contributed by atoms with van der Waals surface area (Å²) < 4.78 is 0. The second-order valence-electron chi connectivity index (χ2n) is 5.61. The maximum absolute atomic E-state index is 5.87. The van der Waals surface area contributed by atoms with Crippen molar-refractivity contribution in [3.63, 3.8) is 0 Å². The first-order valence-electron chi connectivity index (χ1n) is 7.50. The lowest BCUT2D eigenvalue weighted by atomic mass is 9.84. The second-order valence-corrected chi connectivity index (χ2v) is 5.61. The first-order chi connectivity index (χ1) is 9.13. The molecule has 0 radical (unpaired) electrons. The zero-order chi connectivity index (χ0) is 13.8. The Morgan fingerprint density at radius 2 is 1.89 bits per heavy atom. The van der Waals surface area contributed by atoms with Crippen LogP contribution in [0.4, 0.5) is 11.6 Å². The summed E-state index contributed by atoms with van der Waals surface area (Å²) >= 11 is 0. The fourth-order valence-electron chi connectivity index (χ4n) is 2.97. The Morgan fingerprint density at radius 3 is 2.47 bits per heavy atom. The average Bonchev–Trinajstić information content (AvgIpc) is 2.46. The van der Waals surface area contributed by atoms with Gasteiger partial charge in [-0.15, -0.1) is 0 Å². The van der Waals surface area contributed by atoms with Crippen molar-refractivity contribution in [3.8, 4) is 0 Å². The summed E-state index contributed by atoms with van der Waals surface area (Å²) in [6.45, 7) is 4.36. The number of nitrogen functional groups attached to an aromatic ring is 1. The van der Waals surface area contributed by atoms with Gasteiger partial charge in [0.2, 0.25) is 0 Å². The molecule has 0 spiro atoms. The number of anilines is 2. The van der Waals surface area contributed by atoms with Crippen LogP contribution < -0.4 is 10.6 Å². The van der Waals surface area contributed by atoms with E-state index in [0.717, 1.165) is 24.0 Å². The van der Waals surface area contributed by atoms with Crippen molar-refractivity contribution in [2.24, 2.45) is 5.92 Å². The van der Waals surface area contributed by atoms with E-state index in [4.69, 9.17) is 5.73 Å². The zero-order valence-electron chi connectivity index (χ0n) is 12.4. The average molecular weight is 262 g/mol. The molecule has 0 aromatic carbocycles. The molecular formula is C15H26N4. The number of aromatic nitrogens is 2. The topological polar surface area (TPSA) is 55.0 Å². The Labute approximate surface area is 116 Å². The molecule has 1 aromatic heterocycles. The number of nitrogens with two attached hydrogens (primary N) is 1. The summed E-state index contributed by atoms with van der Waals surface area (Å²) in [4.78, 5) is 11.1. The van der Waals surface area contributed by atoms with Crippen molar-refractivity contribution >= 4 is 11.6 Å². The predicted molar refractivity (Wildman–Crippen MR) is 80.3 cm³/mol. The van der Waals surface area contributed by atoms with Crippen molar-refractivity contribution in [3.05, 3.63) is 11.9 Å². The number of nitrogens with zero attached hydrogens (tertiary/aromatic N) is 3. The first-order valence-corrected chi connectivity index (χ1v) is 7.50. The highest BCUT2D eigenvalue weighted by Crippen LogP contribution is 2.30. The number of hydrogen-bond acceptors (Lipinski definition) is 4. The Bertz CT molecular complexity index is 411. The van der Waals surface area contributed by atoms with Crippen LogP contribution in [0.2, 0.25) is 0 Å². The minimum Gasteiger partial charge on any atom is -0.384 e. The van der Waals surface area contributed by atoms with Crippen LogP contribution in [-0.2, 0) is 6.42 Å². The minimum atomic E-state index is 0.580. The first kappa shape index (κ1) is 14.1. The minimum absolute atomic E-state index is 0.580. The molecular weight excluding hydrogens is 236 g/mol. The van der Waals surface area contributed by atoms with E-state index in [9.17, 15) is 0 Å². The van der Waals surface area contributed by atoms with Crippen molar-refractivity contribution in [1.29, 1.82) is 0 Å². The van der Waals surface area contributed by atoms with E-state index >= 15 is 0 Å². The Balaban J connectivity index is 2.07. The van der Waals surface area contributed by atoms with Gasteiger partial charge >= 0.3 is 0 Å². The summed E-state index contributed by atoms with van der Waals surface area (Å²) in [5, 5.41) is 0. The Hall–Kier alpha value is -1.32.